The summed E-state index contributed by atoms with van der Waals surface area (Å²) in [6.07, 6.45) is 0. The number of aliphatic carboxylic acids is 1. The lowest BCUT2D eigenvalue weighted by Crippen LogP contribution is -2.55. The van der Waals surface area contributed by atoms with E-state index >= 15 is 0 Å². The van der Waals surface area contributed by atoms with Gasteiger partial charge in [0.1, 0.15) is 0 Å². The van der Waals surface area contributed by atoms with E-state index in [4.69, 9.17) is 10.8 Å². The van der Waals surface area contributed by atoms with Crippen molar-refractivity contribution in [3.05, 3.63) is 0 Å². The number of carboxylic acid groups (broad SMARTS) is 1. The molecule has 0 spiro atoms. The molecule has 4 nitrogen and oxygen atoms in total. The Labute approximate surface area is 63.8 Å². The van der Waals surface area contributed by atoms with Gasteiger partial charge < -0.3 is 10.8 Å². The van der Waals surface area contributed by atoms with Crippen molar-refractivity contribution in [3.8, 4) is 0 Å². The molecule has 0 aliphatic rings. The number of hydrogen-bond acceptors (Lipinski definition) is 4. The maximum absolute atomic E-state index is 10.6. The SMILES string of the molecule is CC(=O)[C@@](N)(CS)C(=O)O. The monoisotopic (exact) mass is 163 g/mol. The summed E-state index contributed by atoms with van der Waals surface area (Å²) < 4.78 is 0. The van der Waals surface area contributed by atoms with Crippen molar-refractivity contribution < 1.29 is 14.7 Å². The molecule has 0 radical (unpaired) electrons. The molecule has 0 amide bonds. The van der Waals surface area contributed by atoms with Gasteiger partial charge in [0.05, 0.1) is 0 Å². The van der Waals surface area contributed by atoms with Gasteiger partial charge in [0.25, 0.3) is 0 Å². The highest BCUT2D eigenvalue weighted by molar-refractivity contribution is 7.80. The van der Waals surface area contributed by atoms with Crippen LogP contribution in [-0.4, -0.2) is 28.2 Å². The lowest BCUT2D eigenvalue weighted by Gasteiger charge is -2.17. The fourth-order valence-corrected chi connectivity index (χ4v) is 0.687. The van der Waals surface area contributed by atoms with Crippen LogP contribution in [0.15, 0.2) is 0 Å². The zero-order chi connectivity index (χ0) is 8.36. The van der Waals surface area contributed by atoms with E-state index in [1.807, 2.05) is 0 Å². The molecule has 5 heteroatoms. The molecule has 0 saturated carbocycles. The second-order valence-electron chi connectivity index (χ2n) is 1.99. The van der Waals surface area contributed by atoms with Gasteiger partial charge >= 0.3 is 5.97 Å². The number of carbonyl (C=O) groups excluding carboxylic acids is 1. The molecule has 0 aromatic carbocycles. The molecule has 10 heavy (non-hydrogen) atoms. The van der Waals surface area contributed by atoms with E-state index in [1.165, 1.54) is 0 Å². The van der Waals surface area contributed by atoms with E-state index in [9.17, 15) is 9.59 Å². The van der Waals surface area contributed by atoms with Gasteiger partial charge in [-0.05, 0) is 6.92 Å². The lowest BCUT2D eigenvalue weighted by molar-refractivity contribution is -0.146. The number of ketones is 1. The van der Waals surface area contributed by atoms with Crippen LogP contribution in [0.4, 0.5) is 0 Å². The first-order valence-corrected chi connectivity index (χ1v) is 3.22. The van der Waals surface area contributed by atoms with Crippen LogP contribution < -0.4 is 5.73 Å². The van der Waals surface area contributed by atoms with Gasteiger partial charge in [-0.25, -0.2) is 4.79 Å². The zero-order valence-corrected chi connectivity index (χ0v) is 6.39. The van der Waals surface area contributed by atoms with Crippen LogP contribution >= 0.6 is 12.6 Å². The Morgan fingerprint density at radius 2 is 2.10 bits per heavy atom. The van der Waals surface area contributed by atoms with Crippen molar-refractivity contribution in [3.63, 3.8) is 0 Å². The third-order valence-electron chi connectivity index (χ3n) is 1.26. The number of nitrogens with two attached hydrogens (primary N) is 1. The molecule has 3 N–H and O–H groups in total. The van der Waals surface area contributed by atoms with Crippen LogP contribution in [-0.2, 0) is 9.59 Å². The Kier molecular flexibility index (Phi) is 2.86. The summed E-state index contributed by atoms with van der Waals surface area (Å²) in [7, 11) is 0. The molecule has 0 aromatic rings. The summed E-state index contributed by atoms with van der Waals surface area (Å²) in [5.41, 5.74) is 3.34. The summed E-state index contributed by atoms with van der Waals surface area (Å²) in [6, 6.07) is 0. The van der Waals surface area contributed by atoms with Gasteiger partial charge in [-0.2, -0.15) is 12.6 Å². The predicted octanol–water partition coefficient (Wildman–Crippen LogP) is -0.713. The van der Waals surface area contributed by atoms with Crippen molar-refractivity contribution in [2.24, 2.45) is 5.73 Å². The molecule has 0 aliphatic carbocycles. The fraction of sp³-hybridized carbons (Fsp3) is 0.600. The van der Waals surface area contributed by atoms with Gasteiger partial charge in [-0.15, -0.1) is 0 Å². The first-order chi connectivity index (χ1) is 4.45. The topological polar surface area (TPSA) is 80.4 Å². The first-order valence-electron chi connectivity index (χ1n) is 2.59. The average Bonchev–Trinajstić information content (AvgIpc) is 1.85. The highest BCUT2D eigenvalue weighted by Gasteiger charge is 2.37. The number of rotatable bonds is 3. The van der Waals surface area contributed by atoms with Crippen molar-refractivity contribution >= 4 is 24.4 Å². The Morgan fingerprint density at radius 1 is 1.70 bits per heavy atom. The van der Waals surface area contributed by atoms with Crippen molar-refractivity contribution in [2.45, 2.75) is 12.5 Å². The number of thiol groups is 1. The molecular weight excluding hydrogens is 154 g/mol. The summed E-state index contributed by atoms with van der Waals surface area (Å²) in [6.45, 7) is 1.13. The smallest absolute Gasteiger partial charge is 0.332 e. The van der Waals surface area contributed by atoms with Crippen LogP contribution in [0.1, 0.15) is 6.92 Å². The average molecular weight is 163 g/mol. The number of hydrogen-bond donors (Lipinski definition) is 3. The van der Waals surface area contributed by atoms with Crippen LogP contribution in [0.3, 0.4) is 0 Å². The molecule has 0 saturated heterocycles. The normalized spacial score (nSPS) is 15.9. The maximum atomic E-state index is 10.6. The predicted molar refractivity (Wildman–Crippen MR) is 39.1 cm³/mol. The highest BCUT2D eigenvalue weighted by atomic mass is 32.1. The number of carboxylic acids is 1. The standard InChI is InChI=1S/C5H9NO3S/c1-3(7)5(6,2-10)4(8)9/h10H,2,6H2,1H3,(H,8,9)/t5-/m0/s1. The fourth-order valence-electron chi connectivity index (χ4n) is 0.330. The van der Waals surface area contributed by atoms with Crippen molar-refractivity contribution in [1.29, 1.82) is 0 Å². The molecule has 0 bridgehead atoms. The van der Waals surface area contributed by atoms with Crippen LogP contribution in [0.5, 0.6) is 0 Å². The van der Waals surface area contributed by atoms with Gasteiger partial charge in [-0.3, -0.25) is 4.79 Å². The summed E-state index contributed by atoms with van der Waals surface area (Å²) in [5.74, 6) is -2.11. The molecule has 0 heterocycles. The summed E-state index contributed by atoms with van der Waals surface area (Å²) in [4.78, 5) is 20.9. The third kappa shape index (κ3) is 1.48. The van der Waals surface area contributed by atoms with E-state index in [0.717, 1.165) is 6.92 Å². The Balaban J connectivity index is 4.55. The Hall–Kier alpha value is -0.550. The van der Waals surface area contributed by atoms with Crippen molar-refractivity contribution in [2.75, 3.05) is 5.75 Å². The van der Waals surface area contributed by atoms with E-state index in [-0.39, 0.29) is 5.75 Å². The summed E-state index contributed by atoms with van der Waals surface area (Å²) in [5, 5.41) is 8.41. The summed E-state index contributed by atoms with van der Waals surface area (Å²) >= 11 is 3.65. The first kappa shape index (κ1) is 9.45. The minimum Gasteiger partial charge on any atom is -0.480 e. The minimum atomic E-state index is -1.82. The van der Waals surface area contributed by atoms with Crippen molar-refractivity contribution in [1.82, 2.24) is 0 Å². The quantitative estimate of drug-likeness (QED) is 0.379. The second kappa shape index (κ2) is 3.03. The molecule has 58 valence electrons. The zero-order valence-electron chi connectivity index (χ0n) is 5.50. The molecule has 1 atom stereocenters. The molecule has 0 aliphatic heterocycles. The van der Waals surface area contributed by atoms with Gasteiger partial charge in [0.2, 0.25) is 0 Å². The third-order valence-corrected chi connectivity index (χ3v) is 1.76. The van der Waals surface area contributed by atoms with Crippen LogP contribution in [0.2, 0.25) is 0 Å². The minimum absolute atomic E-state index is 0.183. The largest absolute Gasteiger partial charge is 0.480 e. The van der Waals surface area contributed by atoms with E-state index in [1.54, 1.807) is 0 Å². The number of carbonyl (C=O) groups is 2. The van der Waals surface area contributed by atoms with Gasteiger partial charge in [-0.1, -0.05) is 0 Å². The molecule has 0 unspecified atom stereocenters. The van der Waals surface area contributed by atoms with E-state index < -0.39 is 17.3 Å². The molecular formula is C5H9NO3S. The second-order valence-corrected chi connectivity index (χ2v) is 2.31. The van der Waals surface area contributed by atoms with Crippen LogP contribution in [0, 0.1) is 0 Å². The molecule has 0 fully saturated rings. The number of Topliss-reactive ketones (excluding diaryl/α,β-unsaturated/α-hetero) is 1. The van der Waals surface area contributed by atoms with Gasteiger partial charge in [0.15, 0.2) is 11.3 Å². The Bertz CT molecular complexity index is 154. The van der Waals surface area contributed by atoms with Gasteiger partial charge in [0, 0.05) is 5.75 Å². The molecule has 0 rings (SSSR count). The van der Waals surface area contributed by atoms with E-state index in [2.05, 4.69) is 12.6 Å². The Morgan fingerprint density at radius 3 is 2.10 bits per heavy atom. The highest BCUT2D eigenvalue weighted by Crippen LogP contribution is 2.04. The maximum Gasteiger partial charge on any atom is 0.332 e. The lowest BCUT2D eigenvalue weighted by atomic mass is 9.99. The molecule has 0 aromatic heterocycles. The van der Waals surface area contributed by atoms with E-state index in [0.29, 0.717) is 0 Å². The van der Waals surface area contributed by atoms with Crippen LogP contribution in [0.25, 0.3) is 0 Å².